The van der Waals surface area contributed by atoms with Crippen LogP contribution in [0.25, 0.3) is 10.8 Å². The monoisotopic (exact) mass is 428 g/mol. The van der Waals surface area contributed by atoms with Gasteiger partial charge < -0.3 is 19.7 Å². The van der Waals surface area contributed by atoms with E-state index in [0.717, 1.165) is 23.1 Å². The zero-order chi connectivity index (χ0) is 22.4. The van der Waals surface area contributed by atoms with Crippen molar-refractivity contribution in [3.63, 3.8) is 0 Å². The Morgan fingerprint density at radius 3 is 2.71 bits per heavy atom. The maximum atomic E-state index is 12.5. The highest BCUT2D eigenvalue weighted by molar-refractivity contribution is 5.92. The van der Waals surface area contributed by atoms with Gasteiger partial charge in [-0.05, 0) is 38.6 Å². The minimum atomic E-state index is -0.522. The van der Waals surface area contributed by atoms with E-state index < -0.39 is 11.7 Å². The molecule has 0 aliphatic carbocycles. The quantitative estimate of drug-likeness (QED) is 0.559. The average Bonchev–Trinajstić information content (AvgIpc) is 2.74. The van der Waals surface area contributed by atoms with Gasteiger partial charge in [0.1, 0.15) is 17.5 Å². The predicted octanol–water partition coefficient (Wildman–Crippen LogP) is 2.81. The van der Waals surface area contributed by atoms with Crippen LogP contribution >= 0.6 is 0 Å². The molecule has 0 spiro atoms. The zero-order valence-electron chi connectivity index (χ0n) is 18.8. The van der Waals surface area contributed by atoms with Crippen molar-refractivity contribution >= 4 is 28.7 Å². The molecule has 1 atom stereocenters. The van der Waals surface area contributed by atoms with E-state index in [9.17, 15) is 9.59 Å². The van der Waals surface area contributed by atoms with E-state index >= 15 is 0 Å². The summed E-state index contributed by atoms with van der Waals surface area (Å²) in [6.45, 7) is 8.62. The van der Waals surface area contributed by atoms with Gasteiger partial charge in [-0.1, -0.05) is 24.3 Å². The third-order valence-corrected chi connectivity index (χ3v) is 5.21. The number of methoxy groups -OCH3 is 1. The summed E-state index contributed by atoms with van der Waals surface area (Å²) in [4.78, 5) is 33.2. The first-order chi connectivity index (χ1) is 14.8. The second-order valence-electron chi connectivity index (χ2n) is 8.66. The molecule has 31 heavy (non-hydrogen) atoms. The van der Waals surface area contributed by atoms with E-state index in [1.807, 2.05) is 39.0 Å². The molecule has 3 rings (SSSR count). The summed E-state index contributed by atoms with van der Waals surface area (Å²) in [5, 5.41) is 4.96. The van der Waals surface area contributed by atoms with Gasteiger partial charge in [-0.3, -0.25) is 9.69 Å². The van der Waals surface area contributed by atoms with Crippen molar-refractivity contribution in [2.24, 2.45) is 0 Å². The summed E-state index contributed by atoms with van der Waals surface area (Å²) in [6, 6.07) is 9.73. The van der Waals surface area contributed by atoms with Crippen molar-refractivity contribution in [2.45, 2.75) is 38.8 Å². The number of fused-ring (bicyclic) bond motifs is 1. The number of carbonyl (C=O) groups excluding carboxylic acids is 2. The van der Waals surface area contributed by atoms with Crippen molar-refractivity contribution in [2.75, 3.05) is 44.7 Å². The second kappa shape index (κ2) is 9.96. The zero-order valence-corrected chi connectivity index (χ0v) is 18.8. The molecule has 1 aromatic heterocycles. The molecule has 0 radical (unpaired) electrons. The predicted molar refractivity (Wildman–Crippen MR) is 120 cm³/mol. The number of piperazine rings is 1. The third-order valence-electron chi connectivity index (χ3n) is 5.21. The molecule has 1 aliphatic rings. The van der Waals surface area contributed by atoms with E-state index in [4.69, 9.17) is 9.47 Å². The Morgan fingerprint density at radius 1 is 1.19 bits per heavy atom. The number of carbonyl (C=O) groups is 2. The number of hydrogen-bond donors (Lipinski definition) is 1. The fourth-order valence-corrected chi connectivity index (χ4v) is 3.78. The lowest BCUT2D eigenvalue weighted by atomic mass is 10.1. The van der Waals surface area contributed by atoms with Crippen LogP contribution in [0.3, 0.4) is 0 Å². The van der Waals surface area contributed by atoms with Crippen LogP contribution in [0.4, 0.5) is 10.6 Å². The molecule has 8 nitrogen and oxygen atoms in total. The number of hydrogen-bond acceptors (Lipinski definition) is 7. The summed E-state index contributed by atoms with van der Waals surface area (Å²) in [5.41, 5.74) is -0.522. The minimum absolute atomic E-state index is 0.259. The summed E-state index contributed by atoms with van der Waals surface area (Å²) in [6.07, 6.45) is 2.09. The Bertz CT molecular complexity index is 907. The topological polar surface area (TPSA) is 84.0 Å². The van der Waals surface area contributed by atoms with Crippen molar-refractivity contribution in [3.05, 3.63) is 36.5 Å². The Kier molecular flexibility index (Phi) is 7.33. The molecule has 1 aliphatic heterocycles. The maximum Gasteiger partial charge on any atom is 0.407 e. The molecule has 168 valence electrons. The number of aromatic nitrogens is 1. The standard InChI is InChI=1S/C23H32N4O4/c1-23(2,3)31-22(29)25-11-7-13-26-14-15-27(16-19(26)21(28)30-4)20-18-9-6-5-8-17(18)10-12-24-20/h5-6,8-10,12,19H,7,11,13-16H2,1-4H3,(H,25,29). The molecule has 2 heterocycles. The van der Waals surface area contributed by atoms with Crippen LogP contribution in [0.2, 0.25) is 0 Å². The van der Waals surface area contributed by atoms with Crippen LogP contribution in [0.1, 0.15) is 27.2 Å². The number of benzene rings is 1. The molecule has 1 unspecified atom stereocenters. The first-order valence-corrected chi connectivity index (χ1v) is 10.7. The summed E-state index contributed by atoms with van der Waals surface area (Å²) >= 11 is 0. The molecule has 1 fully saturated rings. The Morgan fingerprint density at radius 2 is 1.97 bits per heavy atom. The fourth-order valence-electron chi connectivity index (χ4n) is 3.78. The summed E-state index contributed by atoms with van der Waals surface area (Å²) in [7, 11) is 1.42. The highest BCUT2D eigenvalue weighted by Gasteiger charge is 2.33. The number of nitrogens with one attached hydrogen (secondary N) is 1. The van der Waals surface area contributed by atoms with E-state index in [2.05, 4.69) is 32.2 Å². The van der Waals surface area contributed by atoms with Crippen LogP contribution in [-0.2, 0) is 14.3 Å². The van der Waals surface area contributed by atoms with E-state index in [1.165, 1.54) is 7.11 Å². The number of pyridine rings is 1. The number of ether oxygens (including phenoxy) is 2. The molecule has 8 heteroatoms. The van der Waals surface area contributed by atoms with Crippen molar-refractivity contribution < 1.29 is 19.1 Å². The Hall–Kier alpha value is -2.87. The SMILES string of the molecule is COC(=O)C1CN(c2nccc3ccccc23)CCN1CCCNC(=O)OC(C)(C)C. The maximum absolute atomic E-state index is 12.5. The Balaban J connectivity index is 1.61. The molecule has 1 saturated heterocycles. The third kappa shape index (κ3) is 6.07. The fraction of sp³-hybridized carbons (Fsp3) is 0.522. The molecular formula is C23H32N4O4. The lowest BCUT2D eigenvalue weighted by Crippen LogP contribution is -2.57. The largest absolute Gasteiger partial charge is 0.468 e. The number of esters is 1. The molecule has 1 amide bonds. The smallest absolute Gasteiger partial charge is 0.407 e. The molecular weight excluding hydrogens is 396 g/mol. The molecule has 0 saturated carbocycles. The normalized spacial score (nSPS) is 17.4. The minimum Gasteiger partial charge on any atom is -0.468 e. The van der Waals surface area contributed by atoms with E-state index in [1.54, 1.807) is 6.20 Å². The van der Waals surface area contributed by atoms with Gasteiger partial charge in [-0.25, -0.2) is 9.78 Å². The van der Waals surface area contributed by atoms with E-state index in [0.29, 0.717) is 32.6 Å². The molecule has 2 aromatic rings. The van der Waals surface area contributed by atoms with Gasteiger partial charge in [0, 0.05) is 44.3 Å². The van der Waals surface area contributed by atoms with Gasteiger partial charge in [-0.15, -0.1) is 0 Å². The van der Waals surface area contributed by atoms with Gasteiger partial charge in [0.05, 0.1) is 7.11 Å². The van der Waals surface area contributed by atoms with Gasteiger partial charge in [0.2, 0.25) is 0 Å². The number of amides is 1. The van der Waals surface area contributed by atoms with Gasteiger partial charge in [0.25, 0.3) is 0 Å². The Labute approximate surface area is 183 Å². The first-order valence-electron chi connectivity index (χ1n) is 10.7. The van der Waals surface area contributed by atoms with Gasteiger partial charge >= 0.3 is 12.1 Å². The van der Waals surface area contributed by atoms with Gasteiger partial charge in [0.15, 0.2) is 0 Å². The summed E-state index contributed by atoms with van der Waals surface area (Å²) in [5.74, 6) is 0.628. The van der Waals surface area contributed by atoms with Crippen LogP contribution in [0, 0.1) is 0 Å². The number of rotatable bonds is 6. The second-order valence-corrected chi connectivity index (χ2v) is 8.66. The van der Waals surface area contributed by atoms with Gasteiger partial charge in [-0.2, -0.15) is 0 Å². The van der Waals surface area contributed by atoms with Crippen LogP contribution in [0.5, 0.6) is 0 Å². The van der Waals surface area contributed by atoms with Crippen LogP contribution < -0.4 is 10.2 Å². The van der Waals surface area contributed by atoms with Crippen LogP contribution in [-0.4, -0.2) is 73.4 Å². The number of anilines is 1. The molecule has 1 aromatic carbocycles. The van der Waals surface area contributed by atoms with Crippen molar-refractivity contribution in [3.8, 4) is 0 Å². The van der Waals surface area contributed by atoms with E-state index in [-0.39, 0.29) is 12.0 Å². The lowest BCUT2D eigenvalue weighted by molar-refractivity contribution is -0.147. The lowest BCUT2D eigenvalue weighted by Gasteiger charge is -2.40. The average molecular weight is 429 g/mol. The highest BCUT2D eigenvalue weighted by Crippen LogP contribution is 2.26. The number of nitrogens with zero attached hydrogens (tertiary/aromatic N) is 3. The van der Waals surface area contributed by atoms with Crippen molar-refractivity contribution in [1.29, 1.82) is 0 Å². The summed E-state index contributed by atoms with van der Waals surface area (Å²) < 4.78 is 10.3. The highest BCUT2D eigenvalue weighted by atomic mass is 16.6. The number of alkyl carbamates (subject to hydrolysis) is 1. The van der Waals surface area contributed by atoms with Crippen LogP contribution in [0.15, 0.2) is 36.5 Å². The van der Waals surface area contributed by atoms with Crippen molar-refractivity contribution in [1.82, 2.24) is 15.2 Å². The molecule has 0 bridgehead atoms. The molecule has 1 N–H and O–H groups in total. The first kappa shape index (κ1) is 22.8.